The second-order valence-corrected chi connectivity index (χ2v) is 3.72. The van der Waals surface area contributed by atoms with Crippen molar-refractivity contribution in [3.63, 3.8) is 0 Å². The number of aromatic carboxylic acids is 1. The van der Waals surface area contributed by atoms with Crippen LogP contribution in [0.15, 0.2) is 36.4 Å². The fraction of sp³-hybridized carbons (Fsp3) is 0. The SMILES string of the molecule is O=C(O)c1ccc(O)c(O)c1.Oc1cc(O)cc(O)c1. The molecule has 20 heavy (non-hydrogen) atoms. The molecule has 0 aliphatic rings. The number of aromatic hydroxyl groups is 5. The minimum atomic E-state index is -1.14. The van der Waals surface area contributed by atoms with Crippen LogP contribution >= 0.6 is 0 Å². The molecule has 0 unspecified atom stereocenters. The molecule has 0 aliphatic carbocycles. The van der Waals surface area contributed by atoms with E-state index >= 15 is 0 Å². The molecule has 7 nitrogen and oxygen atoms in total. The number of carboxylic acids is 1. The Labute approximate surface area is 113 Å². The van der Waals surface area contributed by atoms with Gasteiger partial charge in [-0.2, -0.15) is 0 Å². The van der Waals surface area contributed by atoms with Crippen molar-refractivity contribution in [3.05, 3.63) is 42.0 Å². The Bertz CT molecular complexity index is 572. The lowest BCUT2D eigenvalue weighted by Crippen LogP contribution is -1.94. The first-order valence-corrected chi connectivity index (χ1v) is 5.27. The summed E-state index contributed by atoms with van der Waals surface area (Å²) < 4.78 is 0. The maximum atomic E-state index is 10.3. The minimum Gasteiger partial charge on any atom is -0.508 e. The maximum absolute atomic E-state index is 10.3. The van der Waals surface area contributed by atoms with Crippen molar-refractivity contribution in [2.24, 2.45) is 0 Å². The Morgan fingerprint density at radius 1 is 0.700 bits per heavy atom. The largest absolute Gasteiger partial charge is 0.508 e. The van der Waals surface area contributed by atoms with Crippen molar-refractivity contribution < 1.29 is 35.4 Å². The molecule has 0 saturated heterocycles. The Kier molecular flexibility index (Phi) is 4.63. The van der Waals surface area contributed by atoms with Crippen LogP contribution in [-0.2, 0) is 0 Å². The Balaban J connectivity index is 0.000000204. The minimum absolute atomic E-state index is 0.0553. The summed E-state index contributed by atoms with van der Waals surface area (Å²) in [5.41, 5.74) is -0.0553. The van der Waals surface area contributed by atoms with Crippen LogP contribution < -0.4 is 0 Å². The predicted octanol–water partition coefficient (Wildman–Crippen LogP) is 1.60. The number of carbonyl (C=O) groups is 1. The van der Waals surface area contributed by atoms with E-state index in [9.17, 15) is 4.79 Å². The first kappa shape index (κ1) is 15.0. The molecule has 2 aromatic carbocycles. The van der Waals surface area contributed by atoms with E-state index < -0.39 is 11.7 Å². The van der Waals surface area contributed by atoms with Gasteiger partial charge < -0.3 is 30.6 Å². The van der Waals surface area contributed by atoms with E-state index in [0.717, 1.165) is 30.3 Å². The summed E-state index contributed by atoms with van der Waals surface area (Å²) in [6.07, 6.45) is 0. The highest BCUT2D eigenvalue weighted by atomic mass is 16.4. The number of phenolic OH excluding ortho intramolecular Hbond substituents is 5. The first-order chi connectivity index (χ1) is 9.29. The van der Waals surface area contributed by atoms with E-state index in [1.54, 1.807) is 0 Å². The molecule has 7 heteroatoms. The number of phenols is 5. The summed E-state index contributed by atoms with van der Waals surface area (Å²) in [6, 6.07) is 6.73. The molecule has 0 amide bonds. The molecule has 0 saturated carbocycles. The third kappa shape index (κ3) is 4.30. The fourth-order valence-electron chi connectivity index (χ4n) is 1.24. The van der Waals surface area contributed by atoms with Crippen LogP contribution in [0.5, 0.6) is 28.7 Å². The number of hydrogen-bond donors (Lipinski definition) is 6. The molecule has 0 aromatic heterocycles. The number of rotatable bonds is 1. The van der Waals surface area contributed by atoms with Gasteiger partial charge in [-0.25, -0.2) is 4.79 Å². The maximum Gasteiger partial charge on any atom is 0.335 e. The molecule has 2 rings (SSSR count). The van der Waals surface area contributed by atoms with E-state index in [1.807, 2.05) is 0 Å². The van der Waals surface area contributed by atoms with Crippen molar-refractivity contribution in [2.45, 2.75) is 0 Å². The zero-order valence-electron chi connectivity index (χ0n) is 10.1. The van der Waals surface area contributed by atoms with Gasteiger partial charge in [0.25, 0.3) is 0 Å². The molecule has 106 valence electrons. The van der Waals surface area contributed by atoms with Crippen molar-refractivity contribution in [2.75, 3.05) is 0 Å². The predicted molar refractivity (Wildman–Crippen MR) is 68.2 cm³/mol. The quantitative estimate of drug-likeness (QED) is 0.436. The van der Waals surface area contributed by atoms with E-state index in [4.69, 9.17) is 30.6 Å². The summed E-state index contributed by atoms with van der Waals surface area (Å²) in [5, 5.41) is 52.0. The van der Waals surface area contributed by atoms with Gasteiger partial charge in [0.05, 0.1) is 5.56 Å². The molecule has 0 aliphatic heterocycles. The van der Waals surface area contributed by atoms with Crippen LogP contribution in [0.3, 0.4) is 0 Å². The average molecular weight is 280 g/mol. The molecule has 0 fully saturated rings. The Hall–Kier alpha value is -3.09. The second-order valence-electron chi connectivity index (χ2n) is 3.72. The van der Waals surface area contributed by atoms with Gasteiger partial charge in [-0.3, -0.25) is 0 Å². The van der Waals surface area contributed by atoms with Crippen molar-refractivity contribution in [1.82, 2.24) is 0 Å². The van der Waals surface area contributed by atoms with Crippen LogP contribution in [0.2, 0.25) is 0 Å². The van der Waals surface area contributed by atoms with Gasteiger partial charge in [-0.15, -0.1) is 0 Å². The molecule has 0 atom stereocenters. The van der Waals surface area contributed by atoms with Gasteiger partial charge in [-0.1, -0.05) is 0 Å². The zero-order chi connectivity index (χ0) is 15.3. The van der Waals surface area contributed by atoms with Crippen LogP contribution in [-0.4, -0.2) is 36.6 Å². The highest BCUT2D eigenvalue weighted by molar-refractivity contribution is 5.88. The lowest BCUT2D eigenvalue weighted by atomic mass is 10.2. The normalized spacial score (nSPS) is 9.40. The van der Waals surface area contributed by atoms with Gasteiger partial charge in [0.1, 0.15) is 17.2 Å². The van der Waals surface area contributed by atoms with Gasteiger partial charge in [0.15, 0.2) is 11.5 Å². The standard InChI is InChI=1S/C7H6O4.C6H6O3/c8-5-2-1-4(7(10)11)3-6(5)9;7-4-1-5(8)3-6(9)2-4/h1-3,8-9H,(H,10,11);1-3,7-9H. The lowest BCUT2D eigenvalue weighted by molar-refractivity contribution is 0.0696. The average Bonchev–Trinajstić information content (AvgIpc) is 2.31. The summed E-state index contributed by atoms with van der Waals surface area (Å²) >= 11 is 0. The third-order valence-corrected chi connectivity index (χ3v) is 2.11. The zero-order valence-corrected chi connectivity index (χ0v) is 10.1. The molecule has 0 spiro atoms. The monoisotopic (exact) mass is 280 g/mol. The second kappa shape index (κ2) is 6.19. The lowest BCUT2D eigenvalue weighted by Gasteiger charge is -1.97. The summed E-state index contributed by atoms with van der Waals surface area (Å²) in [4.78, 5) is 10.3. The van der Waals surface area contributed by atoms with E-state index in [-0.39, 0.29) is 28.6 Å². The van der Waals surface area contributed by atoms with Crippen LogP contribution in [0.4, 0.5) is 0 Å². The Morgan fingerprint density at radius 3 is 1.50 bits per heavy atom. The molecular weight excluding hydrogens is 268 g/mol. The highest BCUT2D eigenvalue weighted by Gasteiger charge is 2.05. The van der Waals surface area contributed by atoms with Crippen molar-refractivity contribution in [3.8, 4) is 28.7 Å². The molecule has 0 heterocycles. The fourth-order valence-corrected chi connectivity index (χ4v) is 1.24. The van der Waals surface area contributed by atoms with E-state index in [0.29, 0.717) is 0 Å². The van der Waals surface area contributed by atoms with Gasteiger partial charge in [-0.05, 0) is 18.2 Å². The highest BCUT2D eigenvalue weighted by Crippen LogP contribution is 2.25. The van der Waals surface area contributed by atoms with Crippen LogP contribution in [0, 0.1) is 0 Å². The number of benzene rings is 2. The van der Waals surface area contributed by atoms with Crippen molar-refractivity contribution >= 4 is 5.97 Å². The molecule has 2 aromatic rings. The van der Waals surface area contributed by atoms with Gasteiger partial charge in [0.2, 0.25) is 0 Å². The summed E-state index contributed by atoms with van der Waals surface area (Å²) in [7, 11) is 0. The molecular formula is C13H12O7. The van der Waals surface area contributed by atoms with Crippen LogP contribution in [0.1, 0.15) is 10.4 Å². The van der Waals surface area contributed by atoms with Gasteiger partial charge >= 0.3 is 5.97 Å². The molecule has 6 N–H and O–H groups in total. The summed E-state index contributed by atoms with van der Waals surface area (Å²) in [6.45, 7) is 0. The smallest absolute Gasteiger partial charge is 0.335 e. The molecule has 0 radical (unpaired) electrons. The van der Waals surface area contributed by atoms with E-state index in [2.05, 4.69) is 0 Å². The third-order valence-electron chi connectivity index (χ3n) is 2.11. The number of carboxylic acid groups (broad SMARTS) is 1. The topological polar surface area (TPSA) is 138 Å². The van der Waals surface area contributed by atoms with Crippen LogP contribution in [0.25, 0.3) is 0 Å². The van der Waals surface area contributed by atoms with Crippen molar-refractivity contribution in [1.29, 1.82) is 0 Å². The molecule has 0 bridgehead atoms. The van der Waals surface area contributed by atoms with E-state index in [1.165, 1.54) is 6.07 Å². The van der Waals surface area contributed by atoms with Gasteiger partial charge in [0, 0.05) is 18.2 Å². The first-order valence-electron chi connectivity index (χ1n) is 5.27. The number of hydrogen-bond acceptors (Lipinski definition) is 6. The Morgan fingerprint density at radius 2 is 1.15 bits per heavy atom. The summed E-state index contributed by atoms with van der Waals surface area (Å²) in [5.74, 6) is -2.33.